The number of oxime groups is 1. The first-order valence-electron chi connectivity index (χ1n) is 6.70. The van der Waals surface area contributed by atoms with Gasteiger partial charge >= 0.3 is 5.97 Å². The van der Waals surface area contributed by atoms with Crippen LogP contribution in [0.2, 0.25) is 5.02 Å². The Kier molecular flexibility index (Phi) is 4.92. The first-order valence-corrected chi connectivity index (χ1v) is 8.73. The zero-order valence-corrected chi connectivity index (χ0v) is 13.7. The zero-order valence-electron chi connectivity index (χ0n) is 12.1. The number of benzene rings is 1. The number of carbonyl (C=O) groups is 1. The van der Waals surface area contributed by atoms with E-state index in [1.807, 2.05) is 6.07 Å². The van der Waals surface area contributed by atoms with Crippen LogP contribution in [0.15, 0.2) is 22.2 Å². The van der Waals surface area contributed by atoms with Crippen molar-refractivity contribution in [3.05, 3.63) is 28.3 Å². The van der Waals surface area contributed by atoms with Crippen molar-refractivity contribution in [2.75, 3.05) is 5.75 Å². The fraction of sp³-hybridized carbons (Fsp3) is 0.357. The average Bonchev–Trinajstić information content (AvgIpc) is 2.95. The van der Waals surface area contributed by atoms with Gasteiger partial charge in [0.2, 0.25) is 0 Å². The van der Waals surface area contributed by atoms with Crippen molar-refractivity contribution in [1.29, 1.82) is 5.26 Å². The number of rotatable bonds is 5. The second-order valence-electron chi connectivity index (χ2n) is 4.84. The van der Waals surface area contributed by atoms with Gasteiger partial charge in [-0.2, -0.15) is 5.26 Å². The molecule has 1 atom stereocenters. The van der Waals surface area contributed by atoms with Crippen LogP contribution >= 0.6 is 11.6 Å². The largest absolute Gasteiger partial charge is 0.478 e. The van der Waals surface area contributed by atoms with Crippen LogP contribution in [0, 0.1) is 11.3 Å². The van der Waals surface area contributed by atoms with Crippen LogP contribution in [0.25, 0.3) is 0 Å². The molecule has 1 aromatic carbocycles. The molecule has 0 radical (unpaired) electrons. The third kappa shape index (κ3) is 3.30. The Hall–Kier alpha value is -2.11. The second-order valence-corrected chi connectivity index (χ2v) is 7.47. The Morgan fingerprint density at radius 2 is 2.26 bits per heavy atom. The highest BCUT2D eigenvalue weighted by molar-refractivity contribution is 7.91. The molecular weight excluding hydrogens is 344 g/mol. The Balaban J connectivity index is 2.62. The molecule has 0 fully saturated rings. The van der Waals surface area contributed by atoms with E-state index in [1.165, 1.54) is 13.0 Å². The van der Waals surface area contributed by atoms with E-state index in [0.717, 1.165) is 6.07 Å². The van der Waals surface area contributed by atoms with Gasteiger partial charge in [-0.05, 0) is 12.1 Å². The zero-order chi connectivity index (χ0) is 17.2. The van der Waals surface area contributed by atoms with Crippen molar-refractivity contribution in [1.82, 2.24) is 0 Å². The van der Waals surface area contributed by atoms with E-state index in [2.05, 4.69) is 5.16 Å². The summed E-state index contributed by atoms with van der Waals surface area (Å²) in [5.41, 5.74) is 0.0439. The maximum atomic E-state index is 12.3. The highest BCUT2D eigenvalue weighted by atomic mass is 35.5. The molecule has 1 aliphatic heterocycles. The topological polar surface area (TPSA) is 117 Å². The van der Waals surface area contributed by atoms with Crippen LogP contribution < -0.4 is 0 Å². The lowest BCUT2D eigenvalue weighted by Crippen LogP contribution is -2.15. The Morgan fingerprint density at radius 1 is 1.57 bits per heavy atom. The fourth-order valence-corrected chi connectivity index (χ4v) is 3.72. The van der Waals surface area contributed by atoms with Gasteiger partial charge in [-0.15, -0.1) is 0 Å². The molecule has 0 saturated heterocycles. The van der Waals surface area contributed by atoms with E-state index < -0.39 is 21.9 Å². The lowest BCUT2D eigenvalue weighted by atomic mass is 10.0. The van der Waals surface area contributed by atoms with Crippen molar-refractivity contribution >= 4 is 33.1 Å². The van der Waals surface area contributed by atoms with E-state index in [1.54, 1.807) is 0 Å². The summed E-state index contributed by atoms with van der Waals surface area (Å²) in [5, 5.41) is 21.5. The number of halogens is 1. The smallest absolute Gasteiger partial charge is 0.337 e. The summed E-state index contributed by atoms with van der Waals surface area (Å²) in [6, 6.07) is 4.30. The number of nitrogens with zero attached hydrogens (tertiary/aromatic N) is 2. The molecule has 0 amide bonds. The third-order valence-electron chi connectivity index (χ3n) is 3.39. The van der Waals surface area contributed by atoms with E-state index in [0.29, 0.717) is 0 Å². The standard InChI is InChI=1S/C14H13ClN2O5S/c1-2-23(20,21)11-4-3-9(14(18)19)13(15)12(11)10-7-8(5-6-16)22-17-10/h3-4,8H,2,5,7H2,1H3,(H,18,19)/t8-/m1/s1. The highest BCUT2D eigenvalue weighted by Crippen LogP contribution is 2.32. The first kappa shape index (κ1) is 17.2. The van der Waals surface area contributed by atoms with Gasteiger partial charge < -0.3 is 9.94 Å². The minimum Gasteiger partial charge on any atom is -0.478 e. The maximum absolute atomic E-state index is 12.3. The number of hydrogen-bond donors (Lipinski definition) is 1. The van der Waals surface area contributed by atoms with Crippen molar-refractivity contribution in [3.63, 3.8) is 0 Å². The Morgan fingerprint density at radius 3 is 2.83 bits per heavy atom. The molecule has 23 heavy (non-hydrogen) atoms. The van der Waals surface area contributed by atoms with Crippen LogP contribution in [0.5, 0.6) is 0 Å². The molecule has 1 aromatic rings. The molecule has 0 aliphatic carbocycles. The molecule has 1 N–H and O–H groups in total. The van der Waals surface area contributed by atoms with Gasteiger partial charge in [0, 0.05) is 12.0 Å². The van der Waals surface area contributed by atoms with Crippen molar-refractivity contribution in [2.45, 2.75) is 30.8 Å². The summed E-state index contributed by atoms with van der Waals surface area (Å²) in [7, 11) is -3.64. The monoisotopic (exact) mass is 356 g/mol. The second kappa shape index (κ2) is 6.56. The summed E-state index contributed by atoms with van der Waals surface area (Å²) < 4.78 is 24.5. The van der Waals surface area contributed by atoms with Gasteiger partial charge in [-0.3, -0.25) is 0 Å². The number of carboxylic acids is 1. The van der Waals surface area contributed by atoms with E-state index in [9.17, 15) is 18.3 Å². The third-order valence-corrected chi connectivity index (χ3v) is 5.55. The molecule has 0 saturated carbocycles. The summed E-state index contributed by atoms with van der Waals surface area (Å²) >= 11 is 6.13. The van der Waals surface area contributed by atoms with Gasteiger partial charge in [0.1, 0.15) is 6.10 Å². The molecule has 7 nitrogen and oxygen atoms in total. The maximum Gasteiger partial charge on any atom is 0.337 e. The van der Waals surface area contributed by atoms with Crippen LogP contribution in [0.1, 0.15) is 35.7 Å². The van der Waals surface area contributed by atoms with Crippen molar-refractivity contribution in [3.8, 4) is 6.07 Å². The lowest BCUT2D eigenvalue weighted by Gasteiger charge is -2.12. The van der Waals surface area contributed by atoms with Gasteiger partial charge in [0.25, 0.3) is 0 Å². The number of carboxylic acid groups (broad SMARTS) is 1. The van der Waals surface area contributed by atoms with Crippen LogP contribution in [-0.2, 0) is 14.7 Å². The van der Waals surface area contributed by atoms with Crippen LogP contribution in [0.3, 0.4) is 0 Å². The van der Waals surface area contributed by atoms with E-state index in [-0.39, 0.29) is 45.4 Å². The molecule has 2 rings (SSSR count). The first-order chi connectivity index (χ1) is 10.8. The summed E-state index contributed by atoms with van der Waals surface area (Å²) in [4.78, 5) is 16.2. The molecule has 0 bridgehead atoms. The average molecular weight is 357 g/mol. The van der Waals surface area contributed by atoms with Gasteiger partial charge in [-0.25, -0.2) is 13.2 Å². The number of nitriles is 1. The predicted molar refractivity (Wildman–Crippen MR) is 82.4 cm³/mol. The normalized spacial score (nSPS) is 17.3. The molecule has 1 heterocycles. The fourth-order valence-electron chi connectivity index (χ4n) is 2.19. The summed E-state index contributed by atoms with van der Waals surface area (Å²) in [5.74, 6) is -1.44. The van der Waals surface area contributed by atoms with Crippen molar-refractivity contribution < 1.29 is 23.2 Å². The summed E-state index contributed by atoms with van der Waals surface area (Å²) in [6.45, 7) is 1.48. The number of sulfone groups is 1. The van der Waals surface area contributed by atoms with E-state index in [4.69, 9.17) is 21.7 Å². The molecule has 122 valence electrons. The summed E-state index contributed by atoms with van der Waals surface area (Å²) in [6.07, 6.45) is -0.237. The molecule has 1 aliphatic rings. The number of hydrogen-bond acceptors (Lipinski definition) is 6. The highest BCUT2D eigenvalue weighted by Gasteiger charge is 2.31. The quantitative estimate of drug-likeness (QED) is 0.864. The molecular formula is C14H13ClN2O5S. The number of aromatic carboxylic acids is 1. The molecule has 0 unspecified atom stereocenters. The van der Waals surface area contributed by atoms with Crippen molar-refractivity contribution in [2.24, 2.45) is 5.16 Å². The van der Waals surface area contributed by atoms with Gasteiger partial charge in [-0.1, -0.05) is 23.7 Å². The lowest BCUT2D eigenvalue weighted by molar-refractivity contribution is 0.0697. The van der Waals surface area contributed by atoms with Gasteiger partial charge in [0.05, 0.1) is 39.4 Å². The predicted octanol–water partition coefficient (Wildman–Crippen LogP) is 2.24. The van der Waals surface area contributed by atoms with Crippen LogP contribution in [0.4, 0.5) is 0 Å². The van der Waals surface area contributed by atoms with Crippen LogP contribution in [-0.4, -0.2) is 37.1 Å². The minimum absolute atomic E-state index is 0.0360. The minimum atomic E-state index is -3.64. The molecule has 0 aromatic heterocycles. The van der Waals surface area contributed by atoms with E-state index >= 15 is 0 Å². The molecule has 0 spiro atoms. The Labute approximate surface area is 138 Å². The van der Waals surface area contributed by atoms with Gasteiger partial charge in [0.15, 0.2) is 9.84 Å². The SMILES string of the molecule is CCS(=O)(=O)c1ccc(C(=O)O)c(Cl)c1C1=NO[C@H](CC#N)C1. The Bertz CT molecular complexity index is 826. The molecule has 9 heteroatoms.